The summed E-state index contributed by atoms with van der Waals surface area (Å²) >= 11 is 3.52. The van der Waals surface area contributed by atoms with Crippen LogP contribution in [0.1, 0.15) is 25.8 Å². The molecule has 0 unspecified atom stereocenters. The van der Waals surface area contributed by atoms with Crippen molar-refractivity contribution in [3.63, 3.8) is 0 Å². The van der Waals surface area contributed by atoms with Gasteiger partial charge in [0, 0.05) is 21.6 Å². The Labute approximate surface area is 99.0 Å². The second kappa shape index (κ2) is 4.40. The van der Waals surface area contributed by atoms with E-state index in [1.165, 1.54) is 22.9 Å². The predicted molar refractivity (Wildman–Crippen MR) is 69.2 cm³/mol. The Hall–Kier alpha value is -0.760. The molecule has 0 aliphatic rings. The third-order valence-electron chi connectivity index (χ3n) is 2.72. The van der Waals surface area contributed by atoms with Gasteiger partial charge in [-0.1, -0.05) is 29.8 Å². The van der Waals surface area contributed by atoms with Gasteiger partial charge in [0.2, 0.25) is 0 Å². The number of benzene rings is 1. The molecule has 0 fully saturated rings. The number of hydrogen-bond donors (Lipinski definition) is 1. The second-order valence-electron chi connectivity index (χ2n) is 4.44. The van der Waals surface area contributed by atoms with E-state index in [2.05, 4.69) is 59.2 Å². The summed E-state index contributed by atoms with van der Waals surface area (Å²) in [4.78, 5) is 3.32. The highest BCUT2D eigenvalue weighted by atomic mass is 79.9. The molecule has 80 valence electrons. The van der Waals surface area contributed by atoms with E-state index in [1.54, 1.807) is 0 Å². The van der Waals surface area contributed by atoms with Crippen molar-refractivity contribution in [2.24, 2.45) is 5.92 Å². The minimum atomic E-state index is 0.766. The van der Waals surface area contributed by atoms with E-state index in [4.69, 9.17) is 0 Å². The lowest BCUT2D eigenvalue weighted by Gasteiger charge is -2.03. The number of halogens is 1. The van der Waals surface area contributed by atoms with Gasteiger partial charge in [0.1, 0.15) is 0 Å². The molecule has 0 atom stereocenters. The van der Waals surface area contributed by atoms with Crippen LogP contribution in [0.4, 0.5) is 0 Å². The fourth-order valence-electron chi connectivity index (χ4n) is 1.80. The molecule has 1 nitrogen and oxygen atoms in total. The standard InChI is InChI=1S/C13H16BrN/c1-9(2)3-4-10-8-15-13-6-5-11(14)7-12(10)13/h5-9,15H,3-4H2,1-2H3. The maximum atomic E-state index is 3.52. The monoisotopic (exact) mass is 265 g/mol. The van der Waals surface area contributed by atoms with E-state index < -0.39 is 0 Å². The Bertz CT molecular complexity index is 457. The zero-order valence-corrected chi connectivity index (χ0v) is 10.8. The fraction of sp³-hybridized carbons (Fsp3) is 0.385. The Morgan fingerprint density at radius 3 is 2.87 bits per heavy atom. The van der Waals surface area contributed by atoms with Gasteiger partial charge in [0.15, 0.2) is 0 Å². The Morgan fingerprint density at radius 1 is 1.33 bits per heavy atom. The van der Waals surface area contributed by atoms with Crippen molar-refractivity contribution in [2.75, 3.05) is 0 Å². The van der Waals surface area contributed by atoms with Crippen LogP contribution in [0.5, 0.6) is 0 Å². The minimum Gasteiger partial charge on any atom is -0.361 e. The summed E-state index contributed by atoms with van der Waals surface area (Å²) in [6.45, 7) is 4.54. The van der Waals surface area contributed by atoms with Gasteiger partial charge in [-0.05, 0) is 42.5 Å². The minimum absolute atomic E-state index is 0.766. The second-order valence-corrected chi connectivity index (χ2v) is 5.35. The molecule has 2 heteroatoms. The predicted octanol–water partition coefficient (Wildman–Crippen LogP) is 4.52. The third-order valence-corrected chi connectivity index (χ3v) is 3.21. The molecule has 2 rings (SSSR count). The normalized spacial score (nSPS) is 11.5. The van der Waals surface area contributed by atoms with Crippen LogP contribution in [0.25, 0.3) is 10.9 Å². The summed E-state index contributed by atoms with van der Waals surface area (Å²) in [5.41, 5.74) is 2.66. The van der Waals surface area contributed by atoms with Crippen LogP contribution in [0, 0.1) is 5.92 Å². The molecule has 0 spiro atoms. The van der Waals surface area contributed by atoms with Crippen LogP contribution in [0.3, 0.4) is 0 Å². The van der Waals surface area contributed by atoms with Crippen LogP contribution in [0.15, 0.2) is 28.9 Å². The topological polar surface area (TPSA) is 15.8 Å². The van der Waals surface area contributed by atoms with Crippen molar-refractivity contribution in [1.29, 1.82) is 0 Å². The van der Waals surface area contributed by atoms with Gasteiger partial charge in [-0.25, -0.2) is 0 Å². The highest BCUT2D eigenvalue weighted by Crippen LogP contribution is 2.24. The average Bonchev–Trinajstić information content (AvgIpc) is 2.57. The number of hydrogen-bond acceptors (Lipinski definition) is 0. The highest BCUT2D eigenvalue weighted by molar-refractivity contribution is 9.10. The van der Waals surface area contributed by atoms with E-state index in [1.807, 2.05) is 0 Å². The number of nitrogens with one attached hydrogen (secondary N) is 1. The number of rotatable bonds is 3. The molecule has 0 saturated carbocycles. The van der Waals surface area contributed by atoms with Crippen molar-refractivity contribution < 1.29 is 0 Å². The lowest BCUT2D eigenvalue weighted by atomic mass is 10.0. The molecular formula is C13H16BrN. The highest BCUT2D eigenvalue weighted by Gasteiger charge is 2.04. The maximum Gasteiger partial charge on any atom is 0.0457 e. The molecule has 0 saturated heterocycles. The number of aromatic amines is 1. The van der Waals surface area contributed by atoms with Gasteiger partial charge >= 0.3 is 0 Å². The Balaban J connectivity index is 2.31. The van der Waals surface area contributed by atoms with E-state index in [9.17, 15) is 0 Å². The van der Waals surface area contributed by atoms with Crippen LogP contribution in [0.2, 0.25) is 0 Å². The maximum absolute atomic E-state index is 3.52. The van der Waals surface area contributed by atoms with Crippen LogP contribution in [-0.2, 0) is 6.42 Å². The van der Waals surface area contributed by atoms with E-state index >= 15 is 0 Å². The lowest BCUT2D eigenvalue weighted by molar-refractivity contribution is 0.588. The van der Waals surface area contributed by atoms with Gasteiger partial charge in [0.25, 0.3) is 0 Å². The van der Waals surface area contributed by atoms with E-state index in [-0.39, 0.29) is 0 Å². The van der Waals surface area contributed by atoms with Gasteiger partial charge in [-0.2, -0.15) is 0 Å². The summed E-state index contributed by atoms with van der Waals surface area (Å²) in [6, 6.07) is 6.39. The van der Waals surface area contributed by atoms with Crippen molar-refractivity contribution in [1.82, 2.24) is 4.98 Å². The quantitative estimate of drug-likeness (QED) is 0.840. The van der Waals surface area contributed by atoms with Gasteiger partial charge in [-0.15, -0.1) is 0 Å². The summed E-state index contributed by atoms with van der Waals surface area (Å²) in [7, 11) is 0. The molecule has 1 aromatic carbocycles. The summed E-state index contributed by atoms with van der Waals surface area (Å²) in [6.07, 6.45) is 4.55. The largest absolute Gasteiger partial charge is 0.361 e. The van der Waals surface area contributed by atoms with Crippen LogP contribution in [-0.4, -0.2) is 4.98 Å². The Morgan fingerprint density at radius 2 is 2.13 bits per heavy atom. The van der Waals surface area contributed by atoms with Gasteiger partial charge in [0.05, 0.1) is 0 Å². The molecule has 1 N–H and O–H groups in total. The molecule has 0 aliphatic carbocycles. The lowest BCUT2D eigenvalue weighted by Crippen LogP contribution is -1.90. The number of H-pyrrole nitrogens is 1. The van der Waals surface area contributed by atoms with E-state index in [0.29, 0.717) is 0 Å². The molecule has 15 heavy (non-hydrogen) atoms. The zero-order valence-electron chi connectivity index (χ0n) is 9.18. The van der Waals surface area contributed by atoms with Crippen LogP contribution >= 0.6 is 15.9 Å². The first-order valence-electron chi connectivity index (χ1n) is 5.42. The summed E-state index contributed by atoms with van der Waals surface area (Å²) in [5.74, 6) is 0.766. The first-order valence-corrected chi connectivity index (χ1v) is 6.21. The molecule has 1 heterocycles. The molecular weight excluding hydrogens is 250 g/mol. The van der Waals surface area contributed by atoms with Crippen molar-refractivity contribution in [2.45, 2.75) is 26.7 Å². The number of aromatic nitrogens is 1. The fourth-order valence-corrected chi connectivity index (χ4v) is 2.16. The molecule has 0 radical (unpaired) electrons. The summed E-state index contributed by atoms with van der Waals surface area (Å²) < 4.78 is 1.15. The number of fused-ring (bicyclic) bond motifs is 1. The molecule has 1 aromatic heterocycles. The SMILES string of the molecule is CC(C)CCc1c[nH]c2ccc(Br)cc12. The van der Waals surface area contributed by atoms with Crippen LogP contribution < -0.4 is 0 Å². The van der Waals surface area contributed by atoms with Crippen molar-refractivity contribution >= 4 is 26.8 Å². The summed E-state index contributed by atoms with van der Waals surface area (Å²) in [5, 5.41) is 1.35. The average molecular weight is 266 g/mol. The Kier molecular flexibility index (Phi) is 3.15. The van der Waals surface area contributed by atoms with Gasteiger partial charge in [-0.3, -0.25) is 0 Å². The number of aryl methyl sites for hydroxylation is 1. The molecule has 0 amide bonds. The molecule has 2 aromatic rings. The van der Waals surface area contributed by atoms with Gasteiger partial charge < -0.3 is 4.98 Å². The zero-order chi connectivity index (χ0) is 10.8. The first kappa shape index (κ1) is 10.7. The molecule has 0 aliphatic heterocycles. The third kappa shape index (κ3) is 2.43. The first-order chi connectivity index (χ1) is 7.16. The van der Waals surface area contributed by atoms with Crippen molar-refractivity contribution in [3.05, 3.63) is 34.4 Å². The van der Waals surface area contributed by atoms with E-state index in [0.717, 1.165) is 16.8 Å². The van der Waals surface area contributed by atoms with Crippen molar-refractivity contribution in [3.8, 4) is 0 Å². The molecule has 0 bridgehead atoms. The smallest absolute Gasteiger partial charge is 0.0457 e.